The SMILES string of the molecule is CN(C(=O)Nc1cc(Cl)ccc1OC[C@@H]1CCOC1)C1CCC1. The van der Waals surface area contributed by atoms with Crippen molar-refractivity contribution in [1.29, 1.82) is 0 Å². The highest BCUT2D eigenvalue weighted by Crippen LogP contribution is 2.30. The van der Waals surface area contributed by atoms with Gasteiger partial charge in [0.25, 0.3) is 0 Å². The quantitative estimate of drug-likeness (QED) is 0.889. The van der Waals surface area contributed by atoms with Crippen molar-refractivity contribution >= 4 is 23.3 Å². The second-order valence-electron chi connectivity index (χ2n) is 6.31. The maximum absolute atomic E-state index is 12.4. The molecule has 0 spiro atoms. The van der Waals surface area contributed by atoms with Crippen molar-refractivity contribution in [1.82, 2.24) is 4.90 Å². The molecule has 23 heavy (non-hydrogen) atoms. The Bertz CT molecular complexity index is 557. The summed E-state index contributed by atoms with van der Waals surface area (Å²) in [7, 11) is 1.83. The van der Waals surface area contributed by atoms with Gasteiger partial charge in [-0.1, -0.05) is 11.6 Å². The third-order valence-electron chi connectivity index (χ3n) is 4.62. The Morgan fingerprint density at radius 1 is 1.43 bits per heavy atom. The number of carbonyl (C=O) groups is 1. The van der Waals surface area contributed by atoms with Gasteiger partial charge < -0.3 is 19.7 Å². The Hall–Kier alpha value is -1.46. The number of benzene rings is 1. The molecule has 1 aliphatic heterocycles. The zero-order valence-corrected chi connectivity index (χ0v) is 14.1. The van der Waals surface area contributed by atoms with Crippen LogP contribution in [0, 0.1) is 5.92 Å². The predicted octanol–water partition coefficient (Wildman–Crippen LogP) is 3.77. The molecule has 3 rings (SSSR count). The first-order valence-electron chi connectivity index (χ1n) is 8.17. The minimum Gasteiger partial charge on any atom is -0.491 e. The Morgan fingerprint density at radius 2 is 2.26 bits per heavy atom. The summed E-state index contributed by atoms with van der Waals surface area (Å²) in [5, 5.41) is 3.49. The van der Waals surface area contributed by atoms with Gasteiger partial charge in [-0.2, -0.15) is 0 Å². The molecule has 1 atom stereocenters. The first-order valence-corrected chi connectivity index (χ1v) is 8.55. The number of anilines is 1. The zero-order chi connectivity index (χ0) is 16.2. The van der Waals surface area contributed by atoms with Crippen LogP contribution >= 0.6 is 11.6 Å². The van der Waals surface area contributed by atoms with Crippen LogP contribution in [0.5, 0.6) is 5.75 Å². The van der Waals surface area contributed by atoms with E-state index in [1.165, 1.54) is 6.42 Å². The van der Waals surface area contributed by atoms with Gasteiger partial charge in [0.15, 0.2) is 0 Å². The number of halogens is 1. The lowest BCUT2D eigenvalue weighted by molar-refractivity contribution is 0.166. The zero-order valence-electron chi connectivity index (χ0n) is 13.4. The summed E-state index contributed by atoms with van der Waals surface area (Å²) in [5.41, 5.74) is 0.618. The third kappa shape index (κ3) is 4.09. The number of urea groups is 1. The highest BCUT2D eigenvalue weighted by molar-refractivity contribution is 6.31. The molecule has 0 radical (unpaired) electrons. The van der Waals surface area contributed by atoms with Crippen LogP contribution in [0.4, 0.5) is 10.5 Å². The van der Waals surface area contributed by atoms with E-state index in [0.29, 0.717) is 35.0 Å². The number of ether oxygens (including phenoxy) is 2. The van der Waals surface area contributed by atoms with Gasteiger partial charge in [-0.25, -0.2) is 4.79 Å². The minimum absolute atomic E-state index is 0.119. The van der Waals surface area contributed by atoms with Gasteiger partial charge in [-0.3, -0.25) is 0 Å². The molecule has 1 saturated carbocycles. The molecule has 2 fully saturated rings. The van der Waals surface area contributed by atoms with E-state index in [9.17, 15) is 4.79 Å². The number of nitrogens with one attached hydrogen (secondary N) is 1. The van der Waals surface area contributed by atoms with Crippen molar-refractivity contribution < 1.29 is 14.3 Å². The molecule has 0 unspecified atom stereocenters. The van der Waals surface area contributed by atoms with Crippen molar-refractivity contribution in [2.75, 3.05) is 32.2 Å². The Balaban J connectivity index is 1.64. The fraction of sp³-hybridized carbons (Fsp3) is 0.588. The molecule has 5 nitrogen and oxygen atoms in total. The molecule has 0 aromatic heterocycles. The highest BCUT2D eigenvalue weighted by atomic mass is 35.5. The maximum Gasteiger partial charge on any atom is 0.321 e. The maximum atomic E-state index is 12.4. The second-order valence-corrected chi connectivity index (χ2v) is 6.74. The summed E-state index contributed by atoms with van der Waals surface area (Å²) in [5.74, 6) is 1.06. The molecular weight excluding hydrogens is 316 g/mol. The van der Waals surface area contributed by atoms with E-state index in [1.807, 2.05) is 7.05 Å². The molecule has 1 aromatic rings. The van der Waals surface area contributed by atoms with Crippen molar-refractivity contribution in [2.45, 2.75) is 31.7 Å². The van der Waals surface area contributed by atoms with Crippen molar-refractivity contribution in [2.24, 2.45) is 5.92 Å². The van der Waals surface area contributed by atoms with Crippen LogP contribution in [0.2, 0.25) is 5.02 Å². The van der Waals surface area contributed by atoms with Gasteiger partial charge in [0.1, 0.15) is 5.75 Å². The van der Waals surface area contributed by atoms with Gasteiger partial charge in [-0.05, 0) is 43.9 Å². The average molecular weight is 339 g/mol. The van der Waals surface area contributed by atoms with Gasteiger partial charge in [0, 0.05) is 30.6 Å². The minimum atomic E-state index is -0.119. The van der Waals surface area contributed by atoms with Crippen LogP contribution in [-0.4, -0.2) is 43.8 Å². The van der Waals surface area contributed by atoms with E-state index in [2.05, 4.69) is 5.32 Å². The first kappa shape index (κ1) is 16.4. The Labute approximate surface area is 141 Å². The fourth-order valence-electron chi connectivity index (χ4n) is 2.79. The van der Waals surface area contributed by atoms with Crippen LogP contribution in [0.15, 0.2) is 18.2 Å². The van der Waals surface area contributed by atoms with Crippen LogP contribution < -0.4 is 10.1 Å². The molecule has 1 N–H and O–H groups in total. The van der Waals surface area contributed by atoms with E-state index in [-0.39, 0.29) is 6.03 Å². The van der Waals surface area contributed by atoms with Gasteiger partial charge in [0.05, 0.1) is 18.9 Å². The predicted molar refractivity (Wildman–Crippen MR) is 90.3 cm³/mol. The molecule has 0 bridgehead atoms. The molecule has 1 heterocycles. The molecule has 2 amide bonds. The summed E-state index contributed by atoms with van der Waals surface area (Å²) < 4.78 is 11.2. The second kappa shape index (κ2) is 7.41. The summed E-state index contributed by atoms with van der Waals surface area (Å²) >= 11 is 6.07. The van der Waals surface area contributed by atoms with Crippen molar-refractivity contribution in [3.05, 3.63) is 23.2 Å². The number of amides is 2. The average Bonchev–Trinajstić information content (AvgIpc) is 2.98. The Kier molecular flexibility index (Phi) is 5.28. The third-order valence-corrected chi connectivity index (χ3v) is 4.86. The van der Waals surface area contributed by atoms with Gasteiger partial charge >= 0.3 is 6.03 Å². The van der Waals surface area contributed by atoms with Crippen LogP contribution in [-0.2, 0) is 4.74 Å². The van der Waals surface area contributed by atoms with Crippen LogP contribution in [0.1, 0.15) is 25.7 Å². The first-order chi connectivity index (χ1) is 11.1. The summed E-state index contributed by atoms with van der Waals surface area (Å²) in [6, 6.07) is 5.53. The Morgan fingerprint density at radius 3 is 2.91 bits per heavy atom. The number of carbonyl (C=O) groups excluding carboxylic acids is 1. The molecular formula is C17H23ClN2O3. The van der Waals surface area contributed by atoms with Gasteiger partial charge in [-0.15, -0.1) is 0 Å². The lowest BCUT2D eigenvalue weighted by Crippen LogP contribution is -2.43. The van der Waals surface area contributed by atoms with Gasteiger partial charge in [0.2, 0.25) is 0 Å². The molecule has 1 aliphatic carbocycles. The highest BCUT2D eigenvalue weighted by Gasteiger charge is 2.26. The van der Waals surface area contributed by atoms with E-state index in [1.54, 1.807) is 23.1 Å². The lowest BCUT2D eigenvalue weighted by Gasteiger charge is -2.34. The molecule has 1 saturated heterocycles. The molecule has 6 heteroatoms. The standard InChI is InChI=1S/C17H23ClN2O3/c1-20(14-3-2-4-14)17(21)19-15-9-13(18)5-6-16(15)23-11-12-7-8-22-10-12/h5-6,9,12,14H,2-4,7-8,10-11H2,1H3,(H,19,21)/t12-/m1/s1. The monoisotopic (exact) mass is 338 g/mol. The fourth-order valence-corrected chi connectivity index (χ4v) is 2.96. The van der Waals surface area contributed by atoms with Crippen molar-refractivity contribution in [3.8, 4) is 5.75 Å². The van der Waals surface area contributed by atoms with E-state index < -0.39 is 0 Å². The number of rotatable bonds is 5. The molecule has 2 aliphatic rings. The summed E-state index contributed by atoms with van der Waals surface area (Å²) in [6.07, 6.45) is 4.35. The summed E-state index contributed by atoms with van der Waals surface area (Å²) in [4.78, 5) is 14.1. The van der Waals surface area contributed by atoms with Crippen LogP contribution in [0.25, 0.3) is 0 Å². The smallest absolute Gasteiger partial charge is 0.321 e. The van der Waals surface area contributed by atoms with Crippen LogP contribution in [0.3, 0.4) is 0 Å². The number of hydrogen-bond donors (Lipinski definition) is 1. The normalized spacial score (nSPS) is 20.9. The van der Waals surface area contributed by atoms with E-state index >= 15 is 0 Å². The van der Waals surface area contributed by atoms with Crippen molar-refractivity contribution in [3.63, 3.8) is 0 Å². The largest absolute Gasteiger partial charge is 0.491 e. The van der Waals surface area contributed by atoms with E-state index in [0.717, 1.165) is 32.5 Å². The molecule has 126 valence electrons. The lowest BCUT2D eigenvalue weighted by atomic mass is 9.92. The van der Waals surface area contributed by atoms with E-state index in [4.69, 9.17) is 21.1 Å². The molecule has 1 aromatic carbocycles. The summed E-state index contributed by atoms with van der Waals surface area (Å²) in [6.45, 7) is 2.12. The number of hydrogen-bond acceptors (Lipinski definition) is 3. The topological polar surface area (TPSA) is 50.8 Å². The number of nitrogens with zero attached hydrogens (tertiary/aromatic N) is 1.